The average molecular weight is 193 g/mol. The van der Waals surface area contributed by atoms with Crippen molar-refractivity contribution in [2.75, 3.05) is 7.05 Å². The van der Waals surface area contributed by atoms with Crippen molar-refractivity contribution >= 4 is 16.1 Å². The molecule has 0 aromatic rings. The number of amides is 2. The van der Waals surface area contributed by atoms with E-state index in [0.717, 1.165) is 0 Å². The highest BCUT2D eigenvalue weighted by Crippen LogP contribution is 2.27. The van der Waals surface area contributed by atoms with Crippen LogP contribution in [-0.4, -0.2) is 26.7 Å². The molecule has 0 unspecified atom stereocenters. The monoisotopic (exact) mass is 193 g/mol. The minimum Gasteiger partial charge on any atom is -0.273 e. The summed E-state index contributed by atoms with van der Waals surface area (Å²) in [7, 11) is -1.94. The maximum Gasteiger partial charge on any atom is 0.342 e. The summed E-state index contributed by atoms with van der Waals surface area (Å²) in [5.74, 6) is 0. The summed E-state index contributed by atoms with van der Waals surface area (Å²) in [5.41, 5.74) is 4.43. The molecule has 6 nitrogen and oxygen atoms in total. The Hall–Kier alpha value is -0.820. The first-order valence-electron chi connectivity index (χ1n) is 3.54. The van der Waals surface area contributed by atoms with Crippen LogP contribution in [0.5, 0.6) is 0 Å². The van der Waals surface area contributed by atoms with E-state index >= 15 is 0 Å². The molecule has 0 aromatic heterocycles. The molecule has 0 saturated heterocycles. The molecule has 1 saturated carbocycles. The number of carbonyl (C=O) groups is 1. The van der Waals surface area contributed by atoms with E-state index in [1.807, 2.05) is 4.72 Å². The van der Waals surface area contributed by atoms with E-state index < -0.39 is 16.1 Å². The van der Waals surface area contributed by atoms with Crippen molar-refractivity contribution in [3.05, 3.63) is 0 Å². The fraction of sp³-hybridized carbons (Fsp3) is 0.800. The van der Waals surface area contributed by atoms with Crippen LogP contribution < -0.4 is 15.6 Å². The number of rotatable bonds is 3. The lowest BCUT2D eigenvalue weighted by atomic mass is 11.0. The van der Waals surface area contributed by atoms with Crippen molar-refractivity contribution in [3.8, 4) is 0 Å². The summed E-state index contributed by atoms with van der Waals surface area (Å²) in [6, 6.07) is -0.746. The molecule has 1 rings (SSSR count). The van der Waals surface area contributed by atoms with Gasteiger partial charge < -0.3 is 0 Å². The van der Waals surface area contributed by atoms with Crippen LogP contribution in [0.25, 0.3) is 0 Å². The minimum atomic E-state index is -3.41. The van der Waals surface area contributed by atoms with Gasteiger partial charge in [0.25, 0.3) is 0 Å². The van der Waals surface area contributed by atoms with Crippen LogP contribution in [0, 0.1) is 0 Å². The van der Waals surface area contributed by atoms with Gasteiger partial charge >= 0.3 is 6.03 Å². The maximum atomic E-state index is 11.1. The van der Waals surface area contributed by atoms with Crippen molar-refractivity contribution in [3.63, 3.8) is 0 Å². The number of hydrogen-bond acceptors (Lipinski definition) is 4. The smallest absolute Gasteiger partial charge is 0.273 e. The van der Waals surface area contributed by atoms with Gasteiger partial charge in [-0.2, -0.15) is 0 Å². The second-order valence-electron chi connectivity index (χ2n) is 2.55. The molecule has 0 heterocycles. The van der Waals surface area contributed by atoms with Gasteiger partial charge in [0, 0.05) is 7.05 Å². The number of sulfonamides is 1. The highest BCUT2D eigenvalue weighted by Gasteiger charge is 2.36. The molecule has 1 aliphatic rings. The first-order valence-corrected chi connectivity index (χ1v) is 5.09. The number of urea groups is 1. The fourth-order valence-corrected chi connectivity index (χ4v) is 1.96. The molecule has 0 bridgehead atoms. The molecule has 0 radical (unpaired) electrons. The predicted molar refractivity (Wildman–Crippen MR) is 42.7 cm³/mol. The normalized spacial score (nSPS) is 17.1. The highest BCUT2D eigenvalue weighted by atomic mass is 32.2. The standard InChI is InChI=1S/C5H11N3O3S/c1-6-7-5(9)8-12(10,11)4-2-3-4/h4,6H,2-3H2,1H3,(H2,7,8,9). The van der Waals surface area contributed by atoms with Gasteiger partial charge in [0.2, 0.25) is 10.0 Å². The van der Waals surface area contributed by atoms with Gasteiger partial charge in [-0.3, -0.25) is 5.43 Å². The molecule has 0 aliphatic heterocycles. The van der Waals surface area contributed by atoms with Crippen LogP contribution in [0.3, 0.4) is 0 Å². The topological polar surface area (TPSA) is 87.3 Å². The van der Waals surface area contributed by atoms with E-state index in [1.165, 1.54) is 7.05 Å². The molecular formula is C5H11N3O3S. The molecule has 1 aliphatic carbocycles. The van der Waals surface area contributed by atoms with Gasteiger partial charge in [-0.25, -0.2) is 23.4 Å². The van der Waals surface area contributed by atoms with Crippen molar-refractivity contribution in [2.45, 2.75) is 18.1 Å². The summed E-state index contributed by atoms with van der Waals surface area (Å²) in [6.07, 6.45) is 1.28. The third-order valence-electron chi connectivity index (χ3n) is 1.44. The zero-order valence-corrected chi connectivity index (χ0v) is 7.44. The lowest BCUT2D eigenvalue weighted by Gasteiger charge is -2.05. The Bertz CT molecular complexity index is 270. The zero-order chi connectivity index (χ0) is 9.19. The Balaban J connectivity index is 2.44. The average Bonchev–Trinajstić information content (AvgIpc) is 2.65. The van der Waals surface area contributed by atoms with E-state index in [1.54, 1.807) is 0 Å². The van der Waals surface area contributed by atoms with E-state index in [0.29, 0.717) is 12.8 Å². The van der Waals surface area contributed by atoms with E-state index in [2.05, 4.69) is 10.9 Å². The van der Waals surface area contributed by atoms with Crippen LogP contribution in [-0.2, 0) is 10.0 Å². The largest absolute Gasteiger partial charge is 0.342 e. The van der Waals surface area contributed by atoms with Crippen molar-refractivity contribution in [2.24, 2.45) is 0 Å². The lowest BCUT2D eigenvalue weighted by Crippen LogP contribution is -2.45. The molecule has 70 valence electrons. The first kappa shape index (κ1) is 9.27. The Morgan fingerprint density at radius 2 is 2.00 bits per heavy atom. The van der Waals surface area contributed by atoms with Crippen LogP contribution in [0.15, 0.2) is 0 Å². The second-order valence-corrected chi connectivity index (χ2v) is 4.51. The Morgan fingerprint density at radius 3 is 2.42 bits per heavy atom. The Morgan fingerprint density at radius 1 is 1.42 bits per heavy atom. The Labute approximate surface area is 70.7 Å². The molecule has 3 N–H and O–H groups in total. The van der Waals surface area contributed by atoms with Gasteiger partial charge in [0.15, 0.2) is 0 Å². The summed E-state index contributed by atoms with van der Waals surface area (Å²) >= 11 is 0. The fourth-order valence-electron chi connectivity index (χ4n) is 0.730. The quantitative estimate of drug-likeness (QED) is 0.497. The molecule has 12 heavy (non-hydrogen) atoms. The van der Waals surface area contributed by atoms with Gasteiger partial charge in [0.1, 0.15) is 0 Å². The third-order valence-corrected chi connectivity index (χ3v) is 3.26. The third kappa shape index (κ3) is 2.35. The highest BCUT2D eigenvalue weighted by molar-refractivity contribution is 7.90. The summed E-state index contributed by atoms with van der Waals surface area (Å²) in [4.78, 5) is 10.7. The van der Waals surface area contributed by atoms with Crippen molar-refractivity contribution < 1.29 is 13.2 Å². The van der Waals surface area contributed by atoms with Gasteiger partial charge in [-0.1, -0.05) is 0 Å². The molecule has 0 spiro atoms. The van der Waals surface area contributed by atoms with Crippen LogP contribution >= 0.6 is 0 Å². The summed E-state index contributed by atoms with van der Waals surface area (Å²) in [5, 5.41) is -0.375. The summed E-state index contributed by atoms with van der Waals surface area (Å²) < 4.78 is 24.0. The predicted octanol–water partition coefficient (Wildman–Crippen LogP) is -1.09. The summed E-state index contributed by atoms with van der Waals surface area (Å²) in [6.45, 7) is 0. The van der Waals surface area contributed by atoms with E-state index in [-0.39, 0.29) is 5.25 Å². The van der Waals surface area contributed by atoms with E-state index in [4.69, 9.17) is 0 Å². The SMILES string of the molecule is CNNC(=O)NS(=O)(=O)C1CC1. The number of hydrazine groups is 1. The minimum absolute atomic E-state index is 0.375. The van der Waals surface area contributed by atoms with Gasteiger partial charge in [-0.15, -0.1) is 0 Å². The first-order chi connectivity index (χ1) is 5.56. The number of carbonyl (C=O) groups excluding carboxylic acids is 1. The molecule has 1 fully saturated rings. The number of hydrogen-bond donors (Lipinski definition) is 3. The molecule has 7 heteroatoms. The second kappa shape index (κ2) is 3.28. The van der Waals surface area contributed by atoms with Crippen LogP contribution in [0.1, 0.15) is 12.8 Å². The molecule has 2 amide bonds. The van der Waals surface area contributed by atoms with Gasteiger partial charge in [-0.05, 0) is 12.8 Å². The lowest BCUT2D eigenvalue weighted by molar-refractivity contribution is 0.243. The van der Waals surface area contributed by atoms with E-state index in [9.17, 15) is 13.2 Å². The van der Waals surface area contributed by atoms with Crippen LogP contribution in [0.4, 0.5) is 4.79 Å². The van der Waals surface area contributed by atoms with Crippen LogP contribution in [0.2, 0.25) is 0 Å². The number of nitrogens with one attached hydrogen (secondary N) is 3. The van der Waals surface area contributed by atoms with Crippen molar-refractivity contribution in [1.29, 1.82) is 0 Å². The maximum absolute atomic E-state index is 11.1. The Kier molecular flexibility index (Phi) is 2.53. The van der Waals surface area contributed by atoms with Gasteiger partial charge in [0.05, 0.1) is 5.25 Å². The molecule has 0 atom stereocenters. The zero-order valence-electron chi connectivity index (χ0n) is 6.62. The molecule has 0 aromatic carbocycles. The van der Waals surface area contributed by atoms with Crippen molar-refractivity contribution in [1.82, 2.24) is 15.6 Å². The molecular weight excluding hydrogens is 182 g/mol.